The number of esters is 1. The first kappa shape index (κ1) is 17.2. The van der Waals surface area contributed by atoms with E-state index in [0.717, 1.165) is 0 Å². The summed E-state index contributed by atoms with van der Waals surface area (Å²) in [4.78, 5) is 24.4. The van der Waals surface area contributed by atoms with Gasteiger partial charge >= 0.3 is 5.97 Å². The second kappa shape index (κ2) is 8.45. The summed E-state index contributed by atoms with van der Waals surface area (Å²) in [5.41, 5.74) is 1.06. The summed E-state index contributed by atoms with van der Waals surface area (Å²) in [7, 11) is 0. The first-order valence-electron chi connectivity index (χ1n) is 7.30. The molecule has 1 N–H and O–H groups in total. The average Bonchev–Trinajstić information content (AvgIpc) is 3.06. The lowest BCUT2D eigenvalue weighted by Crippen LogP contribution is -2.14. The summed E-state index contributed by atoms with van der Waals surface area (Å²) in [6.07, 6.45) is 0.111. The molecule has 2 rings (SSSR count). The van der Waals surface area contributed by atoms with Crippen LogP contribution in [-0.4, -0.2) is 31.2 Å². The Bertz CT molecular complexity index is 635. The summed E-state index contributed by atoms with van der Waals surface area (Å²) in [6.45, 7) is 4.43. The monoisotopic (exact) mass is 333 g/mol. The first-order valence-corrected chi connectivity index (χ1v) is 8.18. The van der Waals surface area contributed by atoms with Gasteiger partial charge in [-0.2, -0.15) is 0 Å². The van der Waals surface area contributed by atoms with Gasteiger partial charge in [0.15, 0.2) is 0 Å². The van der Waals surface area contributed by atoms with Crippen molar-refractivity contribution < 1.29 is 19.1 Å². The van der Waals surface area contributed by atoms with Crippen LogP contribution in [0.25, 0.3) is 0 Å². The van der Waals surface area contributed by atoms with Crippen LogP contribution in [0.15, 0.2) is 41.8 Å². The zero-order chi connectivity index (χ0) is 16.7. The van der Waals surface area contributed by atoms with Crippen LogP contribution in [0.4, 0.5) is 5.69 Å². The molecule has 6 heteroatoms. The molecule has 0 fully saturated rings. The largest absolute Gasteiger partial charge is 0.460 e. The van der Waals surface area contributed by atoms with Crippen molar-refractivity contribution in [1.29, 1.82) is 0 Å². The SMILES string of the molecule is CC(C)OCCOC(=O)c1ccc(NC(=O)c2cccs2)cc1. The van der Waals surface area contributed by atoms with Crippen LogP contribution in [0.1, 0.15) is 33.9 Å². The molecule has 1 heterocycles. The number of anilines is 1. The van der Waals surface area contributed by atoms with Crippen molar-refractivity contribution in [1.82, 2.24) is 0 Å². The lowest BCUT2D eigenvalue weighted by atomic mass is 10.2. The van der Waals surface area contributed by atoms with E-state index in [-0.39, 0.29) is 18.6 Å². The Morgan fingerprint density at radius 3 is 2.48 bits per heavy atom. The van der Waals surface area contributed by atoms with E-state index in [4.69, 9.17) is 9.47 Å². The molecule has 0 saturated heterocycles. The number of carbonyl (C=O) groups is 2. The highest BCUT2D eigenvalue weighted by Crippen LogP contribution is 2.14. The molecule has 23 heavy (non-hydrogen) atoms. The molecular weight excluding hydrogens is 314 g/mol. The van der Waals surface area contributed by atoms with Gasteiger partial charge in [0.25, 0.3) is 5.91 Å². The van der Waals surface area contributed by atoms with Crippen molar-refractivity contribution in [3.63, 3.8) is 0 Å². The zero-order valence-corrected chi connectivity index (χ0v) is 13.9. The minimum Gasteiger partial charge on any atom is -0.460 e. The highest BCUT2D eigenvalue weighted by Gasteiger charge is 2.09. The number of hydrogen-bond donors (Lipinski definition) is 1. The van der Waals surface area contributed by atoms with E-state index in [0.29, 0.717) is 22.7 Å². The highest BCUT2D eigenvalue weighted by molar-refractivity contribution is 7.12. The van der Waals surface area contributed by atoms with Gasteiger partial charge in [0.05, 0.1) is 23.2 Å². The molecule has 5 nitrogen and oxygen atoms in total. The Hall–Kier alpha value is -2.18. The van der Waals surface area contributed by atoms with Gasteiger partial charge < -0.3 is 14.8 Å². The molecule has 1 amide bonds. The van der Waals surface area contributed by atoms with E-state index in [9.17, 15) is 9.59 Å². The van der Waals surface area contributed by atoms with E-state index in [1.807, 2.05) is 25.3 Å². The topological polar surface area (TPSA) is 64.6 Å². The molecule has 0 spiro atoms. The fourth-order valence-corrected chi connectivity index (χ4v) is 2.41. The minimum atomic E-state index is -0.409. The van der Waals surface area contributed by atoms with Gasteiger partial charge in [-0.3, -0.25) is 4.79 Å². The number of amides is 1. The van der Waals surface area contributed by atoms with Crippen LogP contribution in [0.3, 0.4) is 0 Å². The molecule has 0 aliphatic carbocycles. The number of ether oxygens (including phenoxy) is 2. The molecule has 0 aliphatic heterocycles. The summed E-state index contributed by atoms with van der Waals surface area (Å²) in [5.74, 6) is -0.574. The van der Waals surface area contributed by atoms with Crippen LogP contribution in [-0.2, 0) is 9.47 Å². The van der Waals surface area contributed by atoms with Crippen molar-refractivity contribution in [3.05, 3.63) is 52.2 Å². The lowest BCUT2D eigenvalue weighted by Gasteiger charge is -2.09. The van der Waals surface area contributed by atoms with E-state index >= 15 is 0 Å². The summed E-state index contributed by atoms with van der Waals surface area (Å²) >= 11 is 1.37. The second-order valence-corrected chi connectivity index (χ2v) is 6.01. The van der Waals surface area contributed by atoms with Crippen LogP contribution in [0.2, 0.25) is 0 Å². The van der Waals surface area contributed by atoms with Gasteiger partial charge in [0.2, 0.25) is 0 Å². The van der Waals surface area contributed by atoms with Gasteiger partial charge in [-0.25, -0.2) is 4.79 Å². The normalized spacial score (nSPS) is 10.6. The summed E-state index contributed by atoms with van der Waals surface area (Å²) in [6, 6.07) is 10.2. The van der Waals surface area contributed by atoms with Gasteiger partial charge in [-0.15, -0.1) is 11.3 Å². The predicted molar refractivity (Wildman–Crippen MR) is 90.1 cm³/mol. The Kier molecular flexibility index (Phi) is 6.31. The van der Waals surface area contributed by atoms with Crippen LogP contribution < -0.4 is 5.32 Å². The fourth-order valence-electron chi connectivity index (χ4n) is 1.79. The molecule has 2 aromatic rings. The van der Waals surface area contributed by atoms with Crippen LogP contribution >= 0.6 is 11.3 Å². The van der Waals surface area contributed by atoms with E-state index < -0.39 is 5.97 Å². The number of hydrogen-bond acceptors (Lipinski definition) is 5. The number of rotatable bonds is 7. The Morgan fingerprint density at radius 2 is 1.87 bits per heavy atom. The lowest BCUT2D eigenvalue weighted by molar-refractivity contribution is 0.0177. The third-order valence-electron chi connectivity index (χ3n) is 2.89. The molecule has 0 bridgehead atoms. The van der Waals surface area contributed by atoms with Gasteiger partial charge in [-0.05, 0) is 49.6 Å². The molecule has 0 aliphatic rings. The molecule has 122 valence electrons. The number of nitrogens with one attached hydrogen (secondary N) is 1. The molecule has 0 saturated carbocycles. The van der Waals surface area contributed by atoms with Gasteiger partial charge in [0.1, 0.15) is 6.61 Å². The van der Waals surface area contributed by atoms with Crippen molar-refractivity contribution in [3.8, 4) is 0 Å². The maximum absolute atomic E-state index is 11.9. The quantitative estimate of drug-likeness (QED) is 0.621. The fraction of sp³-hybridized carbons (Fsp3) is 0.294. The van der Waals surface area contributed by atoms with Crippen molar-refractivity contribution in [2.75, 3.05) is 18.5 Å². The first-order chi connectivity index (χ1) is 11.1. The zero-order valence-electron chi connectivity index (χ0n) is 13.1. The van der Waals surface area contributed by atoms with E-state index in [1.165, 1.54) is 11.3 Å². The van der Waals surface area contributed by atoms with Crippen LogP contribution in [0, 0.1) is 0 Å². The second-order valence-electron chi connectivity index (χ2n) is 5.06. The number of benzene rings is 1. The standard InChI is InChI=1S/C17H19NO4S/c1-12(2)21-9-10-22-17(20)13-5-7-14(8-6-13)18-16(19)15-4-3-11-23-15/h3-8,11-12H,9-10H2,1-2H3,(H,18,19). The maximum atomic E-state index is 11.9. The predicted octanol–water partition coefficient (Wildman–Crippen LogP) is 3.58. The molecule has 0 atom stereocenters. The van der Waals surface area contributed by atoms with Crippen LogP contribution in [0.5, 0.6) is 0 Å². The Morgan fingerprint density at radius 1 is 1.13 bits per heavy atom. The Labute approximate surface area is 139 Å². The van der Waals surface area contributed by atoms with Gasteiger partial charge in [0, 0.05) is 5.69 Å². The molecule has 0 radical (unpaired) electrons. The summed E-state index contributed by atoms with van der Waals surface area (Å²) in [5, 5.41) is 4.62. The Balaban J connectivity index is 1.84. The van der Waals surface area contributed by atoms with E-state index in [1.54, 1.807) is 30.3 Å². The van der Waals surface area contributed by atoms with Crippen molar-refractivity contribution >= 4 is 28.9 Å². The molecule has 1 aromatic carbocycles. The van der Waals surface area contributed by atoms with Crippen molar-refractivity contribution in [2.45, 2.75) is 20.0 Å². The number of thiophene rings is 1. The highest BCUT2D eigenvalue weighted by atomic mass is 32.1. The maximum Gasteiger partial charge on any atom is 0.338 e. The number of carbonyl (C=O) groups excluding carboxylic acids is 2. The molecular formula is C17H19NO4S. The molecule has 0 unspecified atom stereocenters. The smallest absolute Gasteiger partial charge is 0.338 e. The molecule has 1 aromatic heterocycles. The third-order valence-corrected chi connectivity index (χ3v) is 3.76. The van der Waals surface area contributed by atoms with E-state index in [2.05, 4.69) is 5.32 Å². The third kappa shape index (κ3) is 5.50. The average molecular weight is 333 g/mol. The summed E-state index contributed by atoms with van der Waals surface area (Å²) < 4.78 is 10.4. The van der Waals surface area contributed by atoms with Crippen molar-refractivity contribution in [2.24, 2.45) is 0 Å². The minimum absolute atomic E-state index is 0.111. The van der Waals surface area contributed by atoms with Gasteiger partial charge in [-0.1, -0.05) is 6.07 Å².